The van der Waals surface area contributed by atoms with E-state index in [0.29, 0.717) is 5.92 Å². The van der Waals surface area contributed by atoms with Gasteiger partial charge in [0.2, 0.25) is 0 Å². The number of halogens is 2. The van der Waals surface area contributed by atoms with E-state index < -0.39 is 11.6 Å². The zero-order valence-corrected chi connectivity index (χ0v) is 15.8. The molecular formula is C24H32F2. The summed E-state index contributed by atoms with van der Waals surface area (Å²) in [5, 5.41) is 0. The van der Waals surface area contributed by atoms with E-state index in [2.05, 4.69) is 12.7 Å². The molecule has 1 aromatic carbocycles. The first-order chi connectivity index (χ1) is 12.6. The van der Waals surface area contributed by atoms with Gasteiger partial charge in [0.05, 0.1) is 0 Å². The van der Waals surface area contributed by atoms with E-state index >= 15 is 0 Å². The molecule has 0 nitrogen and oxygen atoms in total. The van der Waals surface area contributed by atoms with Gasteiger partial charge in [0.1, 0.15) is 11.6 Å². The van der Waals surface area contributed by atoms with Crippen LogP contribution in [0.15, 0.2) is 30.9 Å². The Hall–Kier alpha value is -1.18. The lowest BCUT2D eigenvalue weighted by atomic mass is 9.60. The molecule has 0 radical (unpaired) electrons. The molecule has 2 heteroatoms. The highest BCUT2D eigenvalue weighted by molar-refractivity contribution is 5.22. The van der Waals surface area contributed by atoms with Crippen LogP contribution in [0.1, 0.15) is 75.7 Å². The quantitative estimate of drug-likeness (QED) is 0.499. The van der Waals surface area contributed by atoms with Gasteiger partial charge in [-0.05, 0) is 117 Å². The maximum absolute atomic E-state index is 13.6. The van der Waals surface area contributed by atoms with Crippen LogP contribution >= 0.6 is 0 Å². The molecule has 4 unspecified atom stereocenters. The number of rotatable bonds is 3. The van der Waals surface area contributed by atoms with Gasteiger partial charge in [-0.15, -0.1) is 6.58 Å². The molecule has 4 atom stereocenters. The third kappa shape index (κ3) is 3.89. The first-order valence-electron chi connectivity index (χ1n) is 10.7. The summed E-state index contributed by atoms with van der Waals surface area (Å²) in [5.74, 6) is 3.71. The summed E-state index contributed by atoms with van der Waals surface area (Å²) < 4.78 is 27.2. The van der Waals surface area contributed by atoms with E-state index in [1.165, 1.54) is 51.4 Å². The van der Waals surface area contributed by atoms with Crippen molar-refractivity contribution in [1.82, 2.24) is 0 Å². The van der Waals surface area contributed by atoms with Crippen molar-refractivity contribution in [2.24, 2.45) is 29.6 Å². The second-order valence-corrected chi connectivity index (χ2v) is 9.22. The monoisotopic (exact) mass is 358 g/mol. The Bertz CT molecular complexity index is 609. The third-order valence-corrected chi connectivity index (χ3v) is 7.83. The molecule has 3 aliphatic carbocycles. The van der Waals surface area contributed by atoms with E-state index in [-0.39, 0.29) is 0 Å². The van der Waals surface area contributed by atoms with Crippen LogP contribution in [0.3, 0.4) is 0 Å². The first-order valence-corrected chi connectivity index (χ1v) is 10.7. The molecular weight excluding hydrogens is 326 g/mol. The molecule has 0 saturated heterocycles. The summed E-state index contributed by atoms with van der Waals surface area (Å²) in [6.45, 7) is 3.97. The van der Waals surface area contributed by atoms with Gasteiger partial charge in [0.15, 0.2) is 0 Å². The molecule has 0 N–H and O–H groups in total. The summed E-state index contributed by atoms with van der Waals surface area (Å²) in [7, 11) is 0. The average Bonchev–Trinajstić information content (AvgIpc) is 2.66. The molecule has 142 valence electrons. The summed E-state index contributed by atoms with van der Waals surface area (Å²) >= 11 is 0. The second-order valence-electron chi connectivity index (χ2n) is 9.22. The van der Waals surface area contributed by atoms with Crippen LogP contribution in [0.2, 0.25) is 0 Å². The molecule has 4 rings (SSSR count). The van der Waals surface area contributed by atoms with Gasteiger partial charge in [-0.1, -0.05) is 6.08 Å². The molecule has 3 saturated carbocycles. The van der Waals surface area contributed by atoms with Crippen LogP contribution in [0.5, 0.6) is 0 Å². The highest BCUT2D eigenvalue weighted by Gasteiger charge is 2.39. The van der Waals surface area contributed by atoms with Gasteiger partial charge >= 0.3 is 0 Å². The minimum absolute atomic E-state index is 0.348. The number of allylic oxidation sites excluding steroid dienone is 1. The Morgan fingerprint density at radius 1 is 0.692 bits per heavy atom. The Morgan fingerprint density at radius 2 is 1.23 bits per heavy atom. The van der Waals surface area contributed by atoms with Crippen LogP contribution in [-0.4, -0.2) is 0 Å². The third-order valence-electron chi connectivity index (χ3n) is 7.83. The van der Waals surface area contributed by atoms with Gasteiger partial charge in [0.25, 0.3) is 0 Å². The van der Waals surface area contributed by atoms with Gasteiger partial charge in [-0.3, -0.25) is 0 Å². The molecule has 1 aromatic rings. The summed E-state index contributed by atoms with van der Waals surface area (Å²) in [6.07, 6.45) is 15.2. The fraction of sp³-hybridized carbons (Fsp3) is 0.667. The highest BCUT2D eigenvalue weighted by Crippen LogP contribution is 2.50. The van der Waals surface area contributed by atoms with Crippen molar-refractivity contribution in [2.45, 2.75) is 70.1 Å². The maximum atomic E-state index is 13.6. The number of hydrogen-bond donors (Lipinski definition) is 0. The van der Waals surface area contributed by atoms with Crippen LogP contribution in [0, 0.1) is 41.2 Å². The number of benzene rings is 1. The maximum Gasteiger partial charge on any atom is 0.126 e. The predicted molar refractivity (Wildman–Crippen MR) is 103 cm³/mol. The molecule has 0 aromatic heterocycles. The van der Waals surface area contributed by atoms with E-state index in [0.717, 1.165) is 54.1 Å². The van der Waals surface area contributed by atoms with Crippen molar-refractivity contribution < 1.29 is 8.78 Å². The van der Waals surface area contributed by atoms with Crippen molar-refractivity contribution in [3.8, 4) is 0 Å². The zero-order valence-electron chi connectivity index (χ0n) is 15.8. The van der Waals surface area contributed by atoms with E-state index in [4.69, 9.17) is 0 Å². The highest BCUT2D eigenvalue weighted by atomic mass is 19.1. The topological polar surface area (TPSA) is 0 Å². The average molecular weight is 359 g/mol. The lowest BCUT2D eigenvalue weighted by Gasteiger charge is -2.45. The minimum Gasteiger partial charge on any atom is -0.207 e. The smallest absolute Gasteiger partial charge is 0.126 e. The van der Waals surface area contributed by atoms with Gasteiger partial charge in [-0.2, -0.15) is 0 Å². The van der Waals surface area contributed by atoms with Gasteiger partial charge in [-0.25, -0.2) is 8.78 Å². The molecule has 3 fully saturated rings. The molecule has 0 bridgehead atoms. The van der Waals surface area contributed by atoms with Crippen molar-refractivity contribution in [3.63, 3.8) is 0 Å². The Kier molecular flexibility index (Phi) is 5.47. The van der Waals surface area contributed by atoms with Crippen LogP contribution in [-0.2, 0) is 0 Å². The molecule has 3 aliphatic rings. The normalized spacial score (nSPS) is 37.8. The summed E-state index contributed by atoms with van der Waals surface area (Å²) in [5.41, 5.74) is 0.880. The molecule has 0 heterocycles. The van der Waals surface area contributed by atoms with Gasteiger partial charge < -0.3 is 0 Å². The Morgan fingerprint density at radius 3 is 1.88 bits per heavy atom. The zero-order chi connectivity index (χ0) is 18.1. The van der Waals surface area contributed by atoms with E-state index in [1.54, 1.807) is 12.1 Å². The van der Waals surface area contributed by atoms with E-state index in [9.17, 15) is 8.78 Å². The second kappa shape index (κ2) is 7.82. The first kappa shape index (κ1) is 18.2. The van der Waals surface area contributed by atoms with E-state index in [1.807, 2.05) is 0 Å². The van der Waals surface area contributed by atoms with Crippen molar-refractivity contribution in [2.75, 3.05) is 0 Å². The Labute approximate surface area is 157 Å². The van der Waals surface area contributed by atoms with Crippen molar-refractivity contribution >= 4 is 0 Å². The van der Waals surface area contributed by atoms with Crippen LogP contribution < -0.4 is 0 Å². The SMILES string of the molecule is C=CC1CCC(C2CCC3CC(c4cc(F)cc(F)c4)CCC3C2)CC1. The van der Waals surface area contributed by atoms with Crippen LogP contribution in [0.25, 0.3) is 0 Å². The van der Waals surface area contributed by atoms with Gasteiger partial charge in [0, 0.05) is 6.07 Å². The van der Waals surface area contributed by atoms with Crippen molar-refractivity contribution in [1.29, 1.82) is 0 Å². The summed E-state index contributed by atoms with van der Waals surface area (Å²) in [4.78, 5) is 0. The lowest BCUT2D eigenvalue weighted by molar-refractivity contribution is 0.0747. The number of hydrogen-bond acceptors (Lipinski definition) is 0. The number of fused-ring (bicyclic) bond motifs is 1. The standard InChI is InChI=1S/C24H32F2/c1-2-16-3-5-17(6-4-16)18-7-8-20-12-21(10-9-19(20)11-18)22-13-23(25)15-24(26)14-22/h2,13-21H,1,3-12H2. The molecule has 26 heavy (non-hydrogen) atoms. The molecule has 0 aliphatic heterocycles. The minimum atomic E-state index is -0.430. The fourth-order valence-corrected chi connectivity index (χ4v) is 6.32. The molecule has 0 spiro atoms. The predicted octanol–water partition coefficient (Wildman–Crippen LogP) is 7.26. The largest absolute Gasteiger partial charge is 0.207 e. The summed E-state index contributed by atoms with van der Waals surface area (Å²) in [6, 6.07) is 4.09. The fourth-order valence-electron chi connectivity index (χ4n) is 6.32. The van der Waals surface area contributed by atoms with Crippen LogP contribution in [0.4, 0.5) is 8.78 Å². The van der Waals surface area contributed by atoms with Crippen molar-refractivity contribution in [3.05, 3.63) is 48.1 Å². The Balaban J connectivity index is 1.35. The lowest BCUT2D eigenvalue weighted by Crippen LogP contribution is -2.34. The molecule has 0 amide bonds.